The van der Waals surface area contributed by atoms with Crippen molar-refractivity contribution in [1.82, 2.24) is 10.6 Å². The molecule has 1 atom stereocenters. The Morgan fingerprint density at radius 3 is 2.53 bits per heavy atom. The molecule has 2 amide bonds. The van der Waals surface area contributed by atoms with Gasteiger partial charge in [-0.05, 0) is 33.6 Å². The molecule has 98 valence electrons. The van der Waals surface area contributed by atoms with Crippen molar-refractivity contribution in [3.8, 4) is 0 Å². The zero-order valence-corrected chi connectivity index (χ0v) is 10.8. The topological polar surface area (TPSA) is 67.4 Å². The van der Waals surface area contributed by atoms with Crippen LogP contribution >= 0.6 is 0 Å². The minimum atomic E-state index is -0.300. The van der Waals surface area contributed by atoms with Gasteiger partial charge in [0.2, 0.25) is 11.8 Å². The summed E-state index contributed by atoms with van der Waals surface area (Å²) in [5.41, 5.74) is -0.300. The summed E-state index contributed by atoms with van der Waals surface area (Å²) in [5.74, 6) is -0.496. The van der Waals surface area contributed by atoms with Gasteiger partial charge < -0.3 is 15.4 Å². The first-order valence-corrected chi connectivity index (χ1v) is 6.06. The fourth-order valence-corrected chi connectivity index (χ4v) is 1.70. The van der Waals surface area contributed by atoms with E-state index in [9.17, 15) is 9.59 Å². The summed E-state index contributed by atoms with van der Waals surface area (Å²) in [7, 11) is 0. The van der Waals surface area contributed by atoms with Gasteiger partial charge in [0.05, 0.1) is 6.10 Å². The second-order valence-electron chi connectivity index (χ2n) is 5.41. The van der Waals surface area contributed by atoms with Crippen molar-refractivity contribution in [3.05, 3.63) is 0 Å². The van der Waals surface area contributed by atoms with Gasteiger partial charge in [0, 0.05) is 18.7 Å². The van der Waals surface area contributed by atoms with Crippen LogP contribution in [0, 0.1) is 0 Å². The molecule has 1 rings (SSSR count). The summed E-state index contributed by atoms with van der Waals surface area (Å²) in [6.07, 6.45) is 2.02. The van der Waals surface area contributed by atoms with E-state index in [2.05, 4.69) is 10.6 Å². The van der Waals surface area contributed by atoms with Gasteiger partial charge in [0.1, 0.15) is 6.42 Å². The molecule has 1 aliphatic rings. The first-order chi connectivity index (χ1) is 7.87. The number of ether oxygens (including phenoxy) is 1. The van der Waals surface area contributed by atoms with E-state index in [4.69, 9.17) is 4.74 Å². The lowest BCUT2D eigenvalue weighted by atomic mass is 10.1. The van der Waals surface area contributed by atoms with Gasteiger partial charge in [-0.15, -0.1) is 0 Å². The van der Waals surface area contributed by atoms with Crippen molar-refractivity contribution in [2.75, 3.05) is 13.2 Å². The highest BCUT2D eigenvalue weighted by Gasteiger charge is 2.19. The molecule has 0 aromatic carbocycles. The summed E-state index contributed by atoms with van der Waals surface area (Å²) in [6.45, 7) is 6.92. The highest BCUT2D eigenvalue weighted by atomic mass is 16.5. The van der Waals surface area contributed by atoms with E-state index in [1.165, 1.54) is 0 Å². The normalized spacial score (nSPS) is 20.1. The maximum atomic E-state index is 11.5. The number of nitrogens with one attached hydrogen (secondary N) is 2. The predicted octanol–water partition coefficient (Wildman–Crippen LogP) is 0.586. The molecule has 2 N–H and O–H groups in total. The van der Waals surface area contributed by atoms with Crippen molar-refractivity contribution in [2.24, 2.45) is 0 Å². The third kappa shape index (κ3) is 6.26. The molecular weight excluding hydrogens is 220 g/mol. The van der Waals surface area contributed by atoms with E-state index in [-0.39, 0.29) is 29.9 Å². The quantitative estimate of drug-likeness (QED) is 0.709. The van der Waals surface area contributed by atoms with Gasteiger partial charge in [-0.25, -0.2) is 0 Å². The molecule has 0 aromatic rings. The molecule has 1 heterocycles. The van der Waals surface area contributed by atoms with E-state index in [1.54, 1.807) is 0 Å². The zero-order valence-electron chi connectivity index (χ0n) is 10.8. The summed E-state index contributed by atoms with van der Waals surface area (Å²) in [6, 6.07) is 0. The van der Waals surface area contributed by atoms with Crippen LogP contribution in [0.1, 0.15) is 40.0 Å². The molecule has 1 aliphatic heterocycles. The van der Waals surface area contributed by atoms with Gasteiger partial charge >= 0.3 is 0 Å². The van der Waals surface area contributed by atoms with Crippen molar-refractivity contribution in [1.29, 1.82) is 0 Å². The van der Waals surface area contributed by atoms with Gasteiger partial charge in [-0.1, -0.05) is 0 Å². The Balaban J connectivity index is 2.17. The molecule has 0 bridgehead atoms. The second kappa shape index (κ2) is 6.00. The molecule has 5 nitrogen and oxygen atoms in total. The zero-order chi connectivity index (χ0) is 12.9. The fraction of sp³-hybridized carbons (Fsp3) is 0.833. The Labute approximate surface area is 102 Å². The molecule has 0 aliphatic carbocycles. The van der Waals surface area contributed by atoms with Gasteiger partial charge in [-0.2, -0.15) is 0 Å². The molecule has 1 unspecified atom stereocenters. The van der Waals surface area contributed by atoms with Crippen molar-refractivity contribution < 1.29 is 14.3 Å². The average Bonchev–Trinajstić information content (AvgIpc) is 2.63. The highest BCUT2D eigenvalue weighted by Crippen LogP contribution is 2.10. The summed E-state index contributed by atoms with van der Waals surface area (Å²) < 4.78 is 5.37. The van der Waals surface area contributed by atoms with E-state index in [0.717, 1.165) is 19.4 Å². The molecule has 0 aromatic heterocycles. The van der Waals surface area contributed by atoms with Crippen LogP contribution in [0.2, 0.25) is 0 Å². The number of carbonyl (C=O) groups excluding carboxylic acids is 2. The van der Waals surface area contributed by atoms with E-state index in [1.807, 2.05) is 20.8 Å². The Morgan fingerprint density at radius 2 is 2.00 bits per heavy atom. The molecule has 0 saturated carbocycles. The van der Waals surface area contributed by atoms with Crippen LogP contribution in [-0.2, 0) is 14.3 Å². The molecular formula is C12H22N2O3. The highest BCUT2D eigenvalue weighted by molar-refractivity contribution is 5.97. The van der Waals surface area contributed by atoms with Crippen LogP contribution in [0.4, 0.5) is 0 Å². The average molecular weight is 242 g/mol. The lowest BCUT2D eigenvalue weighted by Crippen LogP contribution is -2.43. The molecule has 1 fully saturated rings. The van der Waals surface area contributed by atoms with Crippen molar-refractivity contribution >= 4 is 11.8 Å². The molecule has 17 heavy (non-hydrogen) atoms. The monoisotopic (exact) mass is 242 g/mol. The SMILES string of the molecule is CC(C)(C)NC(=O)CC(=O)NCC1CCCO1. The first-order valence-electron chi connectivity index (χ1n) is 6.06. The van der Waals surface area contributed by atoms with Crippen molar-refractivity contribution in [2.45, 2.75) is 51.7 Å². The molecule has 5 heteroatoms. The summed E-state index contributed by atoms with van der Waals surface area (Å²) in [5, 5.41) is 5.46. The van der Waals surface area contributed by atoms with Gasteiger partial charge in [-0.3, -0.25) is 9.59 Å². The number of amides is 2. The standard InChI is InChI=1S/C12H22N2O3/c1-12(2,3)14-11(16)7-10(15)13-8-9-5-4-6-17-9/h9H,4-8H2,1-3H3,(H,13,15)(H,14,16). The number of hydrogen-bond acceptors (Lipinski definition) is 3. The molecule has 0 spiro atoms. The van der Waals surface area contributed by atoms with Crippen LogP contribution in [0.25, 0.3) is 0 Å². The maximum absolute atomic E-state index is 11.5. The third-order valence-corrected chi connectivity index (χ3v) is 2.39. The summed E-state index contributed by atoms with van der Waals surface area (Å²) in [4.78, 5) is 22.9. The maximum Gasteiger partial charge on any atom is 0.229 e. The minimum absolute atomic E-state index is 0.115. The Bertz CT molecular complexity index is 278. The smallest absolute Gasteiger partial charge is 0.229 e. The molecule has 0 radical (unpaired) electrons. The minimum Gasteiger partial charge on any atom is -0.376 e. The van der Waals surface area contributed by atoms with E-state index < -0.39 is 0 Å². The van der Waals surface area contributed by atoms with Crippen LogP contribution < -0.4 is 10.6 Å². The van der Waals surface area contributed by atoms with E-state index >= 15 is 0 Å². The summed E-state index contributed by atoms with van der Waals surface area (Å²) >= 11 is 0. The third-order valence-electron chi connectivity index (χ3n) is 2.39. The predicted molar refractivity (Wildman–Crippen MR) is 64.5 cm³/mol. The number of rotatable bonds is 4. The van der Waals surface area contributed by atoms with Crippen LogP contribution in [0.15, 0.2) is 0 Å². The van der Waals surface area contributed by atoms with Gasteiger partial charge in [0.25, 0.3) is 0 Å². The number of carbonyl (C=O) groups is 2. The molecule has 1 saturated heterocycles. The Hall–Kier alpha value is -1.10. The Kier molecular flexibility index (Phi) is 4.93. The largest absolute Gasteiger partial charge is 0.376 e. The van der Waals surface area contributed by atoms with E-state index in [0.29, 0.717) is 6.54 Å². The van der Waals surface area contributed by atoms with Crippen molar-refractivity contribution in [3.63, 3.8) is 0 Å². The van der Waals surface area contributed by atoms with Crippen LogP contribution in [0.5, 0.6) is 0 Å². The van der Waals surface area contributed by atoms with Gasteiger partial charge in [0.15, 0.2) is 0 Å². The number of hydrogen-bond donors (Lipinski definition) is 2. The lowest BCUT2D eigenvalue weighted by molar-refractivity contribution is -0.130. The first kappa shape index (κ1) is 14.0. The fourth-order valence-electron chi connectivity index (χ4n) is 1.70. The van der Waals surface area contributed by atoms with Crippen LogP contribution in [-0.4, -0.2) is 36.6 Å². The van der Waals surface area contributed by atoms with Crippen LogP contribution in [0.3, 0.4) is 0 Å². The lowest BCUT2D eigenvalue weighted by Gasteiger charge is -2.20. The Morgan fingerprint density at radius 1 is 1.29 bits per heavy atom. The second-order valence-corrected chi connectivity index (χ2v) is 5.41.